The molecule has 3 rings (SSSR count). The highest BCUT2D eigenvalue weighted by Crippen LogP contribution is 2.31. The monoisotopic (exact) mass is 371 g/mol. The van der Waals surface area contributed by atoms with Crippen molar-refractivity contribution in [2.45, 2.75) is 0 Å². The van der Waals surface area contributed by atoms with Gasteiger partial charge in [-0.2, -0.15) is 5.10 Å². The summed E-state index contributed by atoms with van der Waals surface area (Å²) in [7, 11) is 0. The van der Waals surface area contributed by atoms with Gasteiger partial charge in [-0.1, -0.05) is 11.6 Å². The van der Waals surface area contributed by atoms with Gasteiger partial charge < -0.3 is 4.42 Å². The minimum atomic E-state index is -0.532. The van der Waals surface area contributed by atoms with Gasteiger partial charge in [0.1, 0.15) is 17.2 Å². The first kappa shape index (κ1) is 17.2. The van der Waals surface area contributed by atoms with Gasteiger partial charge in [-0.25, -0.2) is 10.4 Å². The second-order valence-electron chi connectivity index (χ2n) is 4.91. The molecule has 2 aromatic heterocycles. The maximum Gasteiger partial charge on any atom is 0.291 e. The Balaban J connectivity index is 1.70. The molecule has 2 heterocycles. The van der Waals surface area contributed by atoms with E-state index in [1.807, 2.05) is 0 Å². The van der Waals surface area contributed by atoms with Gasteiger partial charge in [0.05, 0.1) is 22.4 Å². The summed E-state index contributed by atoms with van der Waals surface area (Å²) in [6, 6.07) is 7.33. The van der Waals surface area contributed by atoms with Crippen LogP contribution in [0.1, 0.15) is 16.2 Å². The average molecular weight is 372 g/mol. The summed E-state index contributed by atoms with van der Waals surface area (Å²) in [6.45, 7) is 0. The summed E-state index contributed by atoms with van der Waals surface area (Å²) < 4.78 is 5.56. The van der Waals surface area contributed by atoms with E-state index in [0.29, 0.717) is 17.1 Å². The number of amides is 1. The van der Waals surface area contributed by atoms with Crippen LogP contribution >= 0.6 is 11.6 Å². The quantitative estimate of drug-likeness (QED) is 0.417. The number of carbonyl (C=O) groups excluding carboxylic acids is 1. The van der Waals surface area contributed by atoms with Gasteiger partial charge >= 0.3 is 0 Å². The normalized spacial score (nSPS) is 10.8. The molecule has 9 nitrogen and oxygen atoms in total. The molecule has 0 spiro atoms. The van der Waals surface area contributed by atoms with Crippen LogP contribution in [-0.2, 0) is 0 Å². The molecule has 10 heteroatoms. The van der Waals surface area contributed by atoms with Crippen LogP contribution in [0.15, 0.2) is 58.4 Å². The van der Waals surface area contributed by atoms with Crippen molar-refractivity contribution >= 4 is 29.4 Å². The number of hydrogen-bond acceptors (Lipinski definition) is 7. The largest absolute Gasteiger partial charge is 0.455 e. The van der Waals surface area contributed by atoms with Gasteiger partial charge in [0.25, 0.3) is 11.6 Å². The zero-order chi connectivity index (χ0) is 18.5. The van der Waals surface area contributed by atoms with E-state index >= 15 is 0 Å². The van der Waals surface area contributed by atoms with Crippen LogP contribution < -0.4 is 5.43 Å². The topological polar surface area (TPSA) is 124 Å². The fourth-order valence-corrected chi connectivity index (χ4v) is 2.28. The van der Waals surface area contributed by atoms with E-state index < -0.39 is 10.8 Å². The summed E-state index contributed by atoms with van der Waals surface area (Å²) in [4.78, 5) is 29.6. The van der Waals surface area contributed by atoms with E-state index in [-0.39, 0.29) is 16.4 Å². The van der Waals surface area contributed by atoms with Crippen LogP contribution in [0.3, 0.4) is 0 Å². The third-order valence-electron chi connectivity index (χ3n) is 3.21. The molecule has 0 saturated heterocycles. The minimum Gasteiger partial charge on any atom is -0.455 e. The van der Waals surface area contributed by atoms with Gasteiger partial charge in [-0.05, 0) is 18.2 Å². The summed E-state index contributed by atoms with van der Waals surface area (Å²) in [6.07, 6.45) is 5.46. The molecule has 0 radical (unpaired) electrons. The smallest absolute Gasteiger partial charge is 0.291 e. The Labute approximate surface area is 151 Å². The van der Waals surface area contributed by atoms with E-state index in [9.17, 15) is 14.9 Å². The van der Waals surface area contributed by atoms with Crippen molar-refractivity contribution in [3.63, 3.8) is 0 Å². The zero-order valence-electron chi connectivity index (χ0n) is 13.0. The number of hydrazone groups is 1. The molecule has 1 aromatic carbocycles. The summed E-state index contributed by atoms with van der Waals surface area (Å²) in [5, 5.41) is 14.7. The van der Waals surface area contributed by atoms with Crippen molar-refractivity contribution in [2.24, 2.45) is 5.10 Å². The lowest BCUT2D eigenvalue weighted by atomic mass is 10.1. The Morgan fingerprint density at radius 1 is 1.31 bits per heavy atom. The summed E-state index contributed by atoms with van der Waals surface area (Å²) in [5.74, 6) is 0.250. The number of benzene rings is 1. The summed E-state index contributed by atoms with van der Waals surface area (Å²) >= 11 is 6.06. The van der Waals surface area contributed by atoms with E-state index in [4.69, 9.17) is 16.0 Å². The molecule has 0 bridgehead atoms. The zero-order valence-corrected chi connectivity index (χ0v) is 13.8. The van der Waals surface area contributed by atoms with Crippen molar-refractivity contribution in [2.75, 3.05) is 0 Å². The summed E-state index contributed by atoms with van der Waals surface area (Å²) in [5.41, 5.74) is 2.81. The number of hydrogen-bond donors (Lipinski definition) is 1. The molecule has 0 aliphatic heterocycles. The molecular weight excluding hydrogens is 362 g/mol. The predicted molar refractivity (Wildman–Crippen MR) is 92.9 cm³/mol. The second kappa shape index (κ2) is 7.53. The van der Waals surface area contributed by atoms with Gasteiger partial charge in [0, 0.05) is 30.1 Å². The SMILES string of the molecule is O=C(N/N=C\c1ccc(-c2ccc([N+](=O)[O-])cc2Cl)o1)c1cnccn1. The standard InChI is InChI=1S/C16H10ClN5O4/c17-13-7-10(22(24)25)1-3-12(13)15-4-2-11(26-15)8-20-21-16(23)14-9-18-5-6-19-14/h1-9H,(H,21,23)/b20-8-. The maximum absolute atomic E-state index is 11.8. The Bertz CT molecular complexity index is 987. The maximum atomic E-state index is 11.8. The molecule has 0 fully saturated rings. The van der Waals surface area contributed by atoms with Crippen molar-refractivity contribution in [1.29, 1.82) is 0 Å². The number of halogens is 1. The fourth-order valence-electron chi connectivity index (χ4n) is 2.01. The van der Waals surface area contributed by atoms with Gasteiger partial charge in [-0.15, -0.1) is 0 Å². The molecule has 1 amide bonds. The van der Waals surface area contributed by atoms with Crippen molar-refractivity contribution in [3.05, 3.63) is 75.5 Å². The number of nitro groups is 1. The third-order valence-corrected chi connectivity index (χ3v) is 3.52. The molecule has 1 N–H and O–H groups in total. The van der Waals surface area contributed by atoms with Crippen LogP contribution in [-0.4, -0.2) is 27.0 Å². The Morgan fingerprint density at radius 2 is 2.15 bits per heavy atom. The lowest BCUT2D eigenvalue weighted by molar-refractivity contribution is -0.384. The lowest BCUT2D eigenvalue weighted by Crippen LogP contribution is -2.18. The van der Waals surface area contributed by atoms with Crippen molar-refractivity contribution in [1.82, 2.24) is 15.4 Å². The second-order valence-corrected chi connectivity index (χ2v) is 5.32. The van der Waals surface area contributed by atoms with Crippen LogP contribution in [0.5, 0.6) is 0 Å². The molecule has 0 aliphatic rings. The first-order valence-electron chi connectivity index (χ1n) is 7.18. The van der Waals surface area contributed by atoms with E-state index in [1.165, 1.54) is 43.0 Å². The number of non-ortho nitro benzene ring substituents is 1. The molecular formula is C16H10ClN5O4. The molecule has 0 saturated carbocycles. The Hall–Kier alpha value is -3.59. The van der Waals surface area contributed by atoms with Crippen LogP contribution in [0.25, 0.3) is 11.3 Å². The Morgan fingerprint density at radius 3 is 2.85 bits per heavy atom. The molecule has 0 unspecified atom stereocenters. The van der Waals surface area contributed by atoms with E-state index in [2.05, 4.69) is 20.5 Å². The van der Waals surface area contributed by atoms with Gasteiger partial charge in [0.15, 0.2) is 0 Å². The number of rotatable bonds is 5. The van der Waals surface area contributed by atoms with Crippen LogP contribution in [0.2, 0.25) is 5.02 Å². The number of aromatic nitrogens is 2. The number of nitro benzene ring substituents is 1. The third kappa shape index (κ3) is 3.90. The highest BCUT2D eigenvalue weighted by molar-refractivity contribution is 6.33. The fraction of sp³-hybridized carbons (Fsp3) is 0. The predicted octanol–water partition coefficient (Wildman–Crippen LogP) is 3.06. The molecule has 0 aliphatic carbocycles. The van der Waals surface area contributed by atoms with E-state index in [1.54, 1.807) is 12.1 Å². The van der Waals surface area contributed by atoms with Gasteiger partial charge in [-0.3, -0.25) is 19.9 Å². The highest BCUT2D eigenvalue weighted by atomic mass is 35.5. The Kier molecular flexibility index (Phi) is 4.99. The minimum absolute atomic E-state index is 0.112. The average Bonchev–Trinajstić information content (AvgIpc) is 3.10. The molecule has 0 atom stereocenters. The van der Waals surface area contributed by atoms with Crippen molar-refractivity contribution < 1.29 is 14.1 Å². The molecule has 130 valence electrons. The van der Waals surface area contributed by atoms with E-state index in [0.717, 1.165) is 0 Å². The molecule has 26 heavy (non-hydrogen) atoms. The number of nitrogens with one attached hydrogen (secondary N) is 1. The van der Waals surface area contributed by atoms with Crippen LogP contribution in [0, 0.1) is 10.1 Å². The van der Waals surface area contributed by atoms with Gasteiger partial charge in [0.2, 0.25) is 0 Å². The van der Waals surface area contributed by atoms with Crippen LogP contribution in [0.4, 0.5) is 5.69 Å². The number of carbonyl (C=O) groups is 1. The molecule has 3 aromatic rings. The highest BCUT2D eigenvalue weighted by Gasteiger charge is 2.13. The first-order valence-corrected chi connectivity index (χ1v) is 7.56. The lowest BCUT2D eigenvalue weighted by Gasteiger charge is -2.00. The first-order chi connectivity index (χ1) is 12.5. The van der Waals surface area contributed by atoms with Crippen molar-refractivity contribution in [3.8, 4) is 11.3 Å². The number of nitrogens with zero attached hydrogens (tertiary/aromatic N) is 4. The number of furan rings is 1.